The summed E-state index contributed by atoms with van der Waals surface area (Å²) >= 11 is 0. The molecule has 0 aliphatic heterocycles. The van der Waals surface area contributed by atoms with Gasteiger partial charge in [-0.3, -0.25) is 4.79 Å². The lowest BCUT2D eigenvalue weighted by molar-refractivity contribution is 0.112. The van der Waals surface area contributed by atoms with Crippen molar-refractivity contribution in [1.82, 2.24) is 9.97 Å². The number of phenols is 1. The van der Waals surface area contributed by atoms with Crippen LogP contribution in [-0.4, -0.2) is 39.1 Å². The minimum Gasteiger partial charge on any atom is -0.508 e. The molecule has 0 fully saturated rings. The van der Waals surface area contributed by atoms with Gasteiger partial charge in [0.25, 0.3) is 0 Å². The molecule has 1 aromatic heterocycles. The average molecular weight is 358 g/mol. The Labute approximate surface area is 153 Å². The maximum absolute atomic E-state index is 10.8. The van der Waals surface area contributed by atoms with Gasteiger partial charge in [-0.15, -0.1) is 0 Å². The number of aliphatic hydroxyl groups excluding tert-OH is 1. The van der Waals surface area contributed by atoms with Crippen molar-refractivity contribution >= 4 is 18.1 Å². The Morgan fingerprint density at radius 1 is 1.31 bits per heavy atom. The van der Waals surface area contributed by atoms with Crippen LogP contribution in [0, 0.1) is 6.92 Å². The molecule has 7 nitrogen and oxygen atoms in total. The van der Waals surface area contributed by atoms with E-state index in [0.717, 1.165) is 24.1 Å². The summed E-state index contributed by atoms with van der Waals surface area (Å²) in [5, 5.41) is 22.8. The number of nitrogen functional groups attached to an aromatic ring is 1. The molecule has 2 rings (SSSR count). The summed E-state index contributed by atoms with van der Waals surface area (Å²) < 4.78 is 0. The standard InChI is InChI=1S/C19H26N4O3/c1-3-4-15(7-8-24)22-18-16(12(2)21-19(20)23-18)10-14-6-5-13(11-25)9-17(14)26/h5-6,9,11,15,24,26H,3-4,7-8,10H2,1-2H3,(H3,20,21,22,23). The maximum Gasteiger partial charge on any atom is 0.222 e. The monoisotopic (exact) mass is 358 g/mol. The zero-order valence-corrected chi connectivity index (χ0v) is 15.2. The second-order valence-electron chi connectivity index (χ2n) is 6.32. The molecule has 1 unspecified atom stereocenters. The molecule has 7 heteroatoms. The number of carbonyl (C=O) groups is 1. The first kappa shape index (κ1) is 19.7. The van der Waals surface area contributed by atoms with E-state index in [1.54, 1.807) is 12.1 Å². The SMILES string of the molecule is CCCC(CCO)Nc1nc(N)nc(C)c1Cc1ccc(C=O)cc1O. The Morgan fingerprint density at radius 3 is 2.69 bits per heavy atom. The molecule has 0 spiro atoms. The summed E-state index contributed by atoms with van der Waals surface area (Å²) in [6.45, 7) is 4.01. The number of aldehydes is 1. The number of hydrogen-bond donors (Lipinski definition) is 4. The van der Waals surface area contributed by atoms with Gasteiger partial charge in [0.05, 0.1) is 0 Å². The number of phenolic OH excluding ortho intramolecular Hbond substituents is 1. The first-order chi connectivity index (χ1) is 12.5. The predicted molar refractivity (Wildman–Crippen MR) is 102 cm³/mol. The number of aryl methyl sites for hydroxylation is 1. The van der Waals surface area contributed by atoms with Crippen LogP contribution in [0.5, 0.6) is 5.75 Å². The number of carbonyl (C=O) groups excluding carboxylic acids is 1. The summed E-state index contributed by atoms with van der Waals surface area (Å²) in [5.74, 6) is 0.839. The van der Waals surface area contributed by atoms with Crippen molar-refractivity contribution in [3.05, 3.63) is 40.6 Å². The number of nitrogens with two attached hydrogens (primary N) is 1. The van der Waals surface area contributed by atoms with E-state index >= 15 is 0 Å². The van der Waals surface area contributed by atoms with Crippen LogP contribution in [0.4, 0.5) is 11.8 Å². The van der Waals surface area contributed by atoms with Crippen LogP contribution in [0.15, 0.2) is 18.2 Å². The van der Waals surface area contributed by atoms with Gasteiger partial charge in [0, 0.05) is 35.9 Å². The fraction of sp³-hybridized carbons (Fsp3) is 0.421. The highest BCUT2D eigenvalue weighted by Gasteiger charge is 2.16. The highest BCUT2D eigenvalue weighted by Crippen LogP contribution is 2.27. The quantitative estimate of drug-likeness (QED) is 0.508. The summed E-state index contributed by atoms with van der Waals surface area (Å²) in [5.41, 5.74) is 8.45. The molecule has 0 aliphatic rings. The van der Waals surface area contributed by atoms with Crippen LogP contribution in [0.3, 0.4) is 0 Å². The molecule has 140 valence electrons. The molecule has 0 bridgehead atoms. The summed E-state index contributed by atoms with van der Waals surface area (Å²) in [7, 11) is 0. The van der Waals surface area contributed by atoms with Crippen LogP contribution in [-0.2, 0) is 6.42 Å². The molecule has 0 radical (unpaired) electrons. The Balaban J connectivity index is 2.36. The Bertz CT molecular complexity index is 759. The number of hydrogen-bond acceptors (Lipinski definition) is 7. The first-order valence-corrected chi connectivity index (χ1v) is 8.75. The zero-order chi connectivity index (χ0) is 19.1. The van der Waals surface area contributed by atoms with Crippen molar-refractivity contribution in [3.8, 4) is 5.75 Å². The third-order valence-corrected chi connectivity index (χ3v) is 4.30. The van der Waals surface area contributed by atoms with Gasteiger partial charge in [-0.25, -0.2) is 4.98 Å². The van der Waals surface area contributed by atoms with E-state index in [4.69, 9.17) is 5.73 Å². The molecule has 1 atom stereocenters. The average Bonchev–Trinajstić information content (AvgIpc) is 2.59. The third-order valence-electron chi connectivity index (χ3n) is 4.30. The normalized spacial score (nSPS) is 12.0. The van der Waals surface area contributed by atoms with Crippen molar-refractivity contribution in [2.75, 3.05) is 17.7 Å². The molecular formula is C19H26N4O3. The van der Waals surface area contributed by atoms with Crippen molar-refractivity contribution in [3.63, 3.8) is 0 Å². The maximum atomic E-state index is 10.8. The molecule has 0 saturated carbocycles. The van der Waals surface area contributed by atoms with E-state index < -0.39 is 0 Å². The molecule has 2 aromatic rings. The second kappa shape index (κ2) is 9.15. The van der Waals surface area contributed by atoms with Gasteiger partial charge in [0.1, 0.15) is 17.9 Å². The fourth-order valence-electron chi connectivity index (χ4n) is 2.93. The Kier molecular flexibility index (Phi) is 6.91. The third kappa shape index (κ3) is 4.92. The lowest BCUT2D eigenvalue weighted by Gasteiger charge is -2.21. The van der Waals surface area contributed by atoms with Gasteiger partial charge in [0.15, 0.2) is 0 Å². The molecule has 0 amide bonds. The number of aromatic nitrogens is 2. The van der Waals surface area contributed by atoms with E-state index in [-0.39, 0.29) is 24.3 Å². The fourth-order valence-corrected chi connectivity index (χ4v) is 2.93. The van der Waals surface area contributed by atoms with Gasteiger partial charge in [0.2, 0.25) is 5.95 Å². The molecular weight excluding hydrogens is 332 g/mol. The minimum absolute atomic E-state index is 0.0530. The van der Waals surface area contributed by atoms with Crippen LogP contribution in [0.2, 0.25) is 0 Å². The van der Waals surface area contributed by atoms with Crippen molar-refractivity contribution < 1.29 is 15.0 Å². The molecule has 0 aliphatic carbocycles. The largest absolute Gasteiger partial charge is 0.508 e. The Hall–Kier alpha value is -2.67. The summed E-state index contributed by atoms with van der Waals surface area (Å²) in [4.78, 5) is 19.4. The molecule has 0 saturated heterocycles. The topological polar surface area (TPSA) is 121 Å². The number of aliphatic hydroxyl groups is 1. The van der Waals surface area contributed by atoms with E-state index in [9.17, 15) is 15.0 Å². The zero-order valence-electron chi connectivity index (χ0n) is 15.2. The highest BCUT2D eigenvalue weighted by molar-refractivity contribution is 5.76. The van der Waals surface area contributed by atoms with Crippen LogP contribution < -0.4 is 11.1 Å². The molecule has 1 heterocycles. The second-order valence-corrected chi connectivity index (χ2v) is 6.32. The van der Waals surface area contributed by atoms with Gasteiger partial charge < -0.3 is 21.3 Å². The minimum atomic E-state index is 0.0530. The van der Waals surface area contributed by atoms with Crippen molar-refractivity contribution in [2.45, 2.75) is 45.6 Å². The van der Waals surface area contributed by atoms with Crippen molar-refractivity contribution in [2.24, 2.45) is 0 Å². The van der Waals surface area contributed by atoms with Gasteiger partial charge in [-0.2, -0.15) is 4.98 Å². The van der Waals surface area contributed by atoms with Gasteiger partial charge >= 0.3 is 0 Å². The van der Waals surface area contributed by atoms with Crippen molar-refractivity contribution in [1.29, 1.82) is 0 Å². The smallest absolute Gasteiger partial charge is 0.222 e. The van der Waals surface area contributed by atoms with E-state index in [1.807, 2.05) is 6.92 Å². The summed E-state index contributed by atoms with van der Waals surface area (Å²) in [6, 6.07) is 4.89. The van der Waals surface area contributed by atoms with Gasteiger partial charge in [-0.05, 0) is 31.4 Å². The van der Waals surface area contributed by atoms with Crippen LogP contribution in [0.25, 0.3) is 0 Å². The van der Waals surface area contributed by atoms with E-state index in [0.29, 0.717) is 36.1 Å². The highest BCUT2D eigenvalue weighted by atomic mass is 16.3. The number of rotatable bonds is 9. The lowest BCUT2D eigenvalue weighted by Crippen LogP contribution is -2.23. The summed E-state index contributed by atoms with van der Waals surface area (Å²) in [6.07, 6.45) is 3.56. The number of aromatic hydroxyl groups is 1. The predicted octanol–water partition coefficient (Wildman–Crippen LogP) is 2.44. The van der Waals surface area contributed by atoms with Crippen LogP contribution >= 0.6 is 0 Å². The molecule has 5 N–H and O–H groups in total. The number of nitrogens with zero attached hydrogens (tertiary/aromatic N) is 2. The number of benzene rings is 1. The van der Waals surface area contributed by atoms with E-state index in [1.165, 1.54) is 6.07 Å². The first-order valence-electron chi connectivity index (χ1n) is 8.75. The van der Waals surface area contributed by atoms with Gasteiger partial charge in [-0.1, -0.05) is 25.5 Å². The lowest BCUT2D eigenvalue weighted by atomic mass is 10.0. The molecule has 26 heavy (non-hydrogen) atoms. The van der Waals surface area contributed by atoms with E-state index in [2.05, 4.69) is 22.2 Å². The number of anilines is 2. The number of nitrogens with one attached hydrogen (secondary N) is 1. The Morgan fingerprint density at radius 2 is 2.08 bits per heavy atom. The molecule has 1 aromatic carbocycles. The van der Waals surface area contributed by atoms with Crippen LogP contribution in [0.1, 0.15) is 53.4 Å².